The van der Waals surface area contributed by atoms with Gasteiger partial charge in [-0.2, -0.15) is 11.8 Å². The number of para-hydroxylation sites is 1. The minimum absolute atomic E-state index is 0.413. The fraction of sp³-hybridized carbons (Fsp3) is 0.379. The summed E-state index contributed by atoms with van der Waals surface area (Å²) in [5.74, 6) is 2.55. The number of nitrogens with one attached hydrogen (secondary N) is 2. The van der Waals surface area contributed by atoms with Crippen molar-refractivity contribution in [2.45, 2.75) is 38.3 Å². The fourth-order valence-corrected chi connectivity index (χ4v) is 4.68. The van der Waals surface area contributed by atoms with Gasteiger partial charge in [0.1, 0.15) is 5.75 Å². The van der Waals surface area contributed by atoms with Crippen LogP contribution >= 0.6 is 11.8 Å². The molecule has 0 heterocycles. The van der Waals surface area contributed by atoms with E-state index in [2.05, 4.69) is 95.8 Å². The van der Waals surface area contributed by atoms with Gasteiger partial charge in [0.25, 0.3) is 0 Å². The van der Waals surface area contributed by atoms with Crippen molar-refractivity contribution in [2.24, 2.45) is 0 Å². The summed E-state index contributed by atoms with van der Waals surface area (Å²) >= 11 is 1.91. The van der Waals surface area contributed by atoms with Gasteiger partial charge < -0.3 is 15.4 Å². The lowest BCUT2D eigenvalue weighted by atomic mass is 9.88. The third kappa shape index (κ3) is 8.54. The lowest BCUT2D eigenvalue weighted by molar-refractivity contribution is 0.334. The molecule has 3 aromatic carbocycles. The average molecular weight is 463 g/mol. The van der Waals surface area contributed by atoms with E-state index < -0.39 is 0 Å². The first-order valence-electron chi connectivity index (χ1n) is 12.1. The number of thioether (sulfide) groups is 1. The molecule has 3 aromatic rings. The van der Waals surface area contributed by atoms with Crippen LogP contribution in [0.2, 0.25) is 0 Å². The SMILES string of the molecule is CCOc1ccccc1CNC(CCSC)CNCCC(c1ccccc1)c1ccccc1. The number of rotatable bonds is 15. The van der Waals surface area contributed by atoms with E-state index in [0.29, 0.717) is 18.6 Å². The van der Waals surface area contributed by atoms with E-state index in [1.807, 2.05) is 24.8 Å². The molecule has 3 rings (SSSR count). The molecule has 33 heavy (non-hydrogen) atoms. The third-order valence-electron chi connectivity index (χ3n) is 5.93. The van der Waals surface area contributed by atoms with Gasteiger partial charge in [-0.25, -0.2) is 0 Å². The highest BCUT2D eigenvalue weighted by Crippen LogP contribution is 2.27. The number of hydrogen-bond donors (Lipinski definition) is 2. The monoisotopic (exact) mass is 462 g/mol. The largest absolute Gasteiger partial charge is 0.494 e. The molecular formula is C29H38N2OS. The second-order valence-corrected chi connectivity index (χ2v) is 9.25. The van der Waals surface area contributed by atoms with E-state index in [1.165, 1.54) is 16.7 Å². The van der Waals surface area contributed by atoms with Crippen molar-refractivity contribution in [3.63, 3.8) is 0 Å². The van der Waals surface area contributed by atoms with Crippen LogP contribution in [0.1, 0.15) is 42.4 Å². The predicted octanol–water partition coefficient (Wildman–Crippen LogP) is 6.11. The fourth-order valence-electron chi connectivity index (χ4n) is 4.16. The van der Waals surface area contributed by atoms with Gasteiger partial charge in [0.05, 0.1) is 6.61 Å². The van der Waals surface area contributed by atoms with Gasteiger partial charge in [0.2, 0.25) is 0 Å². The smallest absolute Gasteiger partial charge is 0.123 e. The molecule has 0 radical (unpaired) electrons. The number of hydrogen-bond acceptors (Lipinski definition) is 4. The Labute approximate surface area is 204 Å². The van der Waals surface area contributed by atoms with Gasteiger partial charge >= 0.3 is 0 Å². The topological polar surface area (TPSA) is 33.3 Å². The van der Waals surface area contributed by atoms with Crippen LogP contribution in [0.15, 0.2) is 84.9 Å². The van der Waals surface area contributed by atoms with E-state index in [0.717, 1.165) is 44.0 Å². The van der Waals surface area contributed by atoms with Crippen LogP contribution in [0.3, 0.4) is 0 Å². The molecule has 0 saturated carbocycles. The lowest BCUT2D eigenvalue weighted by Crippen LogP contribution is -2.39. The van der Waals surface area contributed by atoms with E-state index in [-0.39, 0.29) is 0 Å². The maximum absolute atomic E-state index is 5.80. The molecule has 0 aliphatic carbocycles. The van der Waals surface area contributed by atoms with Crippen LogP contribution in [0.5, 0.6) is 5.75 Å². The highest BCUT2D eigenvalue weighted by Gasteiger charge is 2.14. The van der Waals surface area contributed by atoms with E-state index in [9.17, 15) is 0 Å². The molecule has 0 aliphatic heterocycles. The third-order valence-corrected chi connectivity index (χ3v) is 6.57. The summed E-state index contributed by atoms with van der Waals surface area (Å²) < 4.78 is 5.80. The first-order chi connectivity index (χ1) is 16.3. The van der Waals surface area contributed by atoms with Gasteiger partial charge in [0.15, 0.2) is 0 Å². The summed E-state index contributed by atoms with van der Waals surface area (Å²) in [7, 11) is 0. The van der Waals surface area contributed by atoms with Gasteiger partial charge in [0, 0.05) is 30.6 Å². The van der Waals surface area contributed by atoms with Crippen molar-refractivity contribution >= 4 is 11.8 Å². The molecule has 0 bridgehead atoms. The second-order valence-electron chi connectivity index (χ2n) is 8.27. The molecule has 0 amide bonds. The Morgan fingerprint density at radius 1 is 0.818 bits per heavy atom. The second kappa shape index (κ2) is 14.8. The molecule has 2 N–H and O–H groups in total. The standard InChI is InChI=1S/C29H38N2OS/c1-3-32-29-17-11-10-16-26(29)22-31-27(19-21-33-2)23-30-20-18-28(24-12-6-4-7-13-24)25-14-8-5-9-15-25/h4-17,27-28,30-31H,3,18-23H2,1-2H3. The van der Waals surface area contributed by atoms with Crippen molar-refractivity contribution in [3.8, 4) is 5.75 Å². The zero-order chi connectivity index (χ0) is 23.1. The Kier molecular flexibility index (Phi) is 11.4. The molecule has 0 aromatic heterocycles. The molecule has 0 fully saturated rings. The van der Waals surface area contributed by atoms with Gasteiger partial charge in [-0.15, -0.1) is 0 Å². The normalized spacial score (nSPS) is 12.1. The maximum Gasteiger partial charge on any atom is 0.123 e. The van der Waals surface area contributed by atoms with Crippen molar-refractivity contribution < 1.29 is 4.74 Å². The van der Waals surface area contributed by atoms with Gasteiger partial charge in [-0.05, 0) is 55.5 Å². The Hall–Kier alpha value is -2.27. The van der Waals surface area contributed by atoms with Crippen molar-refractivity contribution in [1.29, 1.82) is 0 Å². The Balaban J connectivity index is 1.54. The summed E-state index contributed by atoms with van der Waals surface area (Å²) in [6.07, 6.45) is 4.40. The number of ether oxygens (including phenoxy) is 1. The zero-order valence-corrected chi connectivity index (χ0v) is 20.8. The molecule has 1 unspecified atom stereocenters. The highest BCUT2D eigenvalue weighted by molar-refractivity contribution is 7.98. The van der Waals surface area contributed by atoms with Gasteiger partial charge in [-0.3, -0.25) is 0 Å². The average Bonchev–Trinajstić information content (AvgIpc) is 2.87. The summed E-state index contributed by atoms with van der Waals surface area (Å²) in [5.41, 5.74) is 3.99. The highest BCUT2D eigenvalue weighted by atomic mass is 32.2. The maximum atomic E-state index is 5.80. The predicted molar refractivity (Wildman–Crippen MR) is 143 cm³/mol. The van der Waals surface area contributed by atoms with Crippen molar-refractivity contribution in [3.05, 3.63) is 102 Å². The first-order valence-corrected chi connectivity index (χ1v) is 13.4. The quantitative estimate of drug-likeness (QED) is 0.267. The van der Waals surface area contributed by atoms with Crippen LogP contribution in [0.4, 0.5) is 0 Å². The molecule has 0 saturated heterocycles. The molecule has 0 spiro atoms. The molecular weight excluding hydrogens is 424 g/mol. The Bertz CT molecular complexity index is 864. The molecule has 4 heteroatoms. The summed E-state index contributed by atoms with van der Waals surface area (Å²) in [6, 6.07) is 30.5. The molecule has 176 valence electrons. The summed E-state index contributed by atoms with van der Waals surface area (Å²) in [6.45, 7) is 5.51. The van der Waals surface area contributed by atoms with Crippen LogP contribution < -0.4 is 15.4 Å². The summed E-state index contributed by atoms with van der Waals surface area (Å²) in [5, 5.41) is 7.50. The minimum Gasteiger partial charge on any atom is -0.494 e. The molecule has 1 atom stereocenters. The molecule has 0 aliphatic rings. The Morgan fingerprint density at radius 3 is 2.09 bits per heavy atom. The Morgan fingerprint density at radius 2 is 1.45 bits per heavy atom. The van der Waals surface area contributed by atoms with Crippen LogP contribution in [-0.2, 0) is 6.54 Å². The van der Waals surface area contributed by atoms with Crippen LogP contribution in [-0.4, -0.2) is 37.7 Å². The van der Waals surface area contributed by atoms with E-state index in [1.54, 1.807) is 0 Å². The van der Waals surface area contributed by atoms with Crippen LogP contribution in [0.25, 0.3) is 0 Å². The number of benzene rings is 3. The first kappa shape index (κ1) is 25.4. The van der Waals surface area contributed by atoms with Crippen LogP contribution in [0, 0.1) is 0 Å². The lowest BCUT2D eigenvalue weighted by Gasteiger charge is -2.22. The summed E-state index contributed by atoms with van der Waals surface area (Å²) in [4.78, 5) is 0. The van der Waals surface area contributed by atoms with E-state index in [4.69, 9.17) is 4.74 Å². The zero-order valence-electron chi connectivity index (χ0n) is 20.0. The van der Waals surface area contributed by atoms with E-state index >= 15 is 0 Å². The minimum atomic E-state index is 0.413. The van der Waals surface area contributed by atoms with Crippen molar-refractivity contribution in [1.82, 2.24) is 10.6 Å². The van der Waals surface area contributed by atoms with Crippen molar-refractivity contribution in [2.75, 3.05) is 31.7 Å². The molecule has 3 nitrogen and oxygen atoms in total. The van der Waals surface area contributed by atoms with Gasteiger partial charge in [-0.1, -0.05) is 78.9 Å².